The first-order valence-electron chi connectivity index (χ1n) is 7.09. The number of hydrogen-bond acceptors (Lipinski definition) is 4. The molecule has 0 atom stereocenters. The van der Waals surface area contributed by atoms with E-state index in [9.17, 15) is 39.9 Å². The summed E-state index contributed by atoms with van der Waals surface area (Å²) >= 11 is 0. The molecule has 1 N–H and O–H groups in total. The van der Waals surface area contributed by atoms with E-state index in [1.807, 2.05) is 0 Å². The SMILES string of the molecule is O=c1[nH]c(C(F)(F)C(F)(F)F)nc2c1cnn2-c1cccc(OC(F)(F)F)c1. The monoisotopic (exact) mass is 414 g/mol. The van der Waals surface area contributed by atoms with Crippen molar-refractivity contribution in [3.05, 3.63) is 46.6 Å². The third-order valence-corrected chi connectivity index (χ3v) is 3.39. The van der Waals surface area contributed by atoms with Gasteiger partial charge in [0.15, 0.2) is 11.5 Å². The Hall–Kier alpha value is -3.19. The van der Waals surface area contributed by atoms with Crippen LogP contribution in [0.2, 0.25) is 0 Å². The Kier molecular flexibility index (Phi) is 4.31. The summed E-state index contributed by atoms with van der Waals surface area (Å²) in [6, 6.07) is 3.94. The first-order valence-corrected chi connectivity index (χ1v) is 7.09. The summed E-state index contributed by atoms with van der Waals surface area (Å²) in [6.45, 7) is 0. The number of H-pyrrole nitrogens is 1. The Balaban J connectivity index is 2.17. The lowest BCUT2D eigenvalue weighted by atomic mass is 10.3. The molecule has 1 aromatic carbocycles. The van der Waals surface area contributed by atoms with E-state index in [0.29, 0.717) is 4.68 Å². The van der Waals surface area contributed by atoms with Crippen molar-refractivity contribution in [3.63, 3.8) is 0 Å². The lowest BCUT2D eigenvalue weighted by Crippen LogP contribution is -2.37. The van der Waals surface area contributed by atoms with Crippen LogP contribution in [0.25, 0.3) is 16.7 Å². The van der Waals surface area contributed by atoms with E-state index < -0.39 is 46.6 Å². The zero-order valence-corrected chi connectivity index (χ0v) is 13.1. The van der Waals surface area contributed by atoms with Gasteiger partial charge in [-0.2, -0.15) is 27.1 Å². The Labute approximate surface area is 148 Å². The molecule has 0 fully saturated rings. The van der Waals surface area contributed by atoms with E-state index in [-0.39, 0.29) is 5.69 Å². The van der Waals surface area contributed by atoms with Crippen molar-refractivity contribution in [2.75, 3.05) is 0 Å². The van der Waals surface area contributed by atoms with Crippen LogP contribution < -0.4 is 10.3 Å². The molecular weight excluding hydrogens is 408 g/mol. The molecule has 0 spiro atoms. The van der Waals surface area contributed by atoms with E-state index in [1.54, 1.807) is 0 Å². The molecule has 150 valence electrons. The number of fused-ring (bicyclic) bond motifs is 1. The summed E-state index contributed by atoms with van der Waals surface area (Å²) < 4.78 is 106. The Morgan fingerprint density at radius 3 is 2.32 bits per heavy atom. The first kappa shape index (κ1) is 19.6. The van der Waals surface area contributed by atoms with Crippen LogP contribution in [-0.2, 0) is 5.92 Å². The highest BCUT2D eigenvalue weighted by atomic mass is 19.4. The number of alkyl halides is 8. The predicted molar refractivity (Wildman–Crippen MR) is 76.1 cm³/mol. The molecule has 3 rings (SSSR count). The molecule has 2 aromatic heterocycles. The molecule has 3 aromatic rings. The fraction of sp³-hybridized carbons (Fsp3) is 0.214. The number of aromatic nitrogens is 4. The van der Waals surface area contributed by atoms with E-state index in [4.69, 9.17) is 0 Å². The number of benzene rings is 1. The molecule has 0 saturated carbocycles. The fourth-order valence-corrected chi connectivity index (χ4v) is 2.20. The molecule has 14 heteroatoms. The van der Waals surface area contributed by atoms with Gasteiger partial charge in [-0.3, -0.25) is 4.79 Å². The van der Waals surface area contributed by atoms with Gasteiger partial charge in [0.05, 0.1) is 11.9 Å². The topological polar surface area (TPSA) is 72.8 Å². The van der Waals surface area contributed by atoms with Crippen LogP contribution in [0.4, 0.5) is 35.1 Å². The van der Waals surface area contributed by atoms with Crippen LogP contribution in [-0.4, -0.2) is 32.3 Å². The Morgan fingerprint density at radius 2 is 1.71 bits per heavy atom. The third-order valence-electron chi connectivity index (χ3n) is 3.39. The van der Waals surface area contributed by atoms with Crippen LogP contribution >= 0.6 is 0 Å². The number of ether oxygens (including phenoxy) is 1. The summed E-state index contributed by atoms with van der Waals surface area (Å²) in [5.41, 5.74) is -2.28. The van der Waals surface area contributed by atoms with Gasteiger partial charge in [-0.15, -0.1) is 13.2 Å². The van der Waals surface area contributed by atoms with Crippen molar-refractivity contribution in [1.29, 1.82) is 0 Å². The number of nitrogens with one attached hydrogen (secondary N) is 1. The molecule has 0 aliphatic rings. The van der Waals surface area contributed by atoms with Gasteiger partial charge in [-0.05, 0) is 12.1 Å². The average molecular weight is 414 g/mol. The molecule has 28 heavy (non-hydrogen) atoms. The minimum atomic E-state index is -6.04. The summed E-state index contributed by atoms with van der Waals surface area (Å²) in [4.78, 5) is 16.3. The Morgan fingerprint density at radius 1 is 1.04 bits per heavy atom. The third kappa shape index (κ3) is 3.48. The van der Waals surface area contributed by atoms with E-state index >= 15 is 0 Å². The largest absolute Gasteiger partial charge is 0.573 e. The van der Waals surface area contributed by atoms with Crippen molar-refractivity contribution in [1.82, 2.24) is 19.7 Å². The van der Waals surface area contributed by atoms with Gasteiger partial charge in [-0.1, -0.05) is 6.07 Å². The zero-order chi connectivity index (χ0) is 20.9. The maximum Gasteiger partial charge on any atom is 0.573 e. The van der Waals surface area contributed by atoms with Crippen LogP contribution in [0.3, 0.4) is 0 Å². The van der Waals surface area contributed by atoms with Gasteiger partial charge >= 0.3 is 18.5 Å². The second-order valence-corrected chi connectivity index (χ2v) is 5.33. The molecule has 0 bridgehead atoms. The second kappa shape index (κ2) is 6.17. The average Bonchev–Trinajstić information content (AvgIpc) is 2.97. The van der Waals surface area contributed by atoms with Crippen LogP contribution in [0.15, 0.2) is 35.3 Å². The van der Waals surface area contributed by atoms with Crippen LogP contribution in [0.1, 0.15) is 5.82 Å². The summed E-state index contributed by atoms with van der Waals surface area (Å²) in [5.74, 6) is -8.17. The fourth-order valence-electron chi connectivity index (χ4n) is 2.20. The number of nitrogens with zero attached hydrogens (tertiary/aromatic N) is 3. The zero-order valence-electron chi connectivity index (χ0n) is 13.1. The molecule has 0 saturated heterocycles. The summed E-state index contributed by atoms with van der Waals surface area (Å²) in [5, 5.41) is 3.17. The van der Waals surface area contributed by atoms with E-state index in [2.05, 4.69) is 14.8 Å². The number of halogens is 8. The van der Waals surface area contributed by atoms with Gasteiger partial charge in [0.2, 0.25) is 0 Å². The maximum absolute atomic E-state index is 13.5. The number of aromatic amines is 1. The minimum absolute atomic E-state index is 0.226. The number of rotatable bonds is 3. The van der Waals surface area contributed by atoms with Gasteiger partial charge in [-0.25, -0.2) is 9.67 Å². The van der Waals surface area contributed by atoms with Crippen molar-refractivity contribution < 1.29 is 39.9 Å². The minimum Gasteiger partial charge on any atom is -0.406 e. The van der Waals surface area contributed by atoms with Crippen molar-refractivity contribution >= 4 is 11.0 Å². The normalized spacial score (nSPS) is 13.1. The smallest absolute Gasteiger partial charge is 0.406 e. The number of hydrogen-bond donors (Lipinski definition) is 1. The maximum atomic E-state index is 13.5. The molecule has 0 radical (unpaired) electrons. The molecule has 0 unspecified atom stereocenters. The molecule has 0 amide bonds. The van der Waals surface area contributed by atoms with Gasteiger partial charge in [0, 0.05) is 6.07 Å². The molecule has 0 aliphatic carbocycles. The standard InChI is InChI=1S/C14H6F8N4O2/c15-12(16,13(17,18)19)11-24-9-8(10(27)25-11)5-23-26(9)6-2-1-3-7(4-6)28-14(20,21)22/h1-5H,(H,24,25,27). The van der Waals surface area contributed by atoms with Crippen LogP contribution in [0.5, 0.6) is 5.75 Å². The van der Waals surface area contributed by atoms with E-state index in [1.165, 1.54) is 4.98 Å². The van der Waals surface area contributed by atoms with Crippen molar-refractivity contribution in [2.24, 2.45) is 0 Å². The summed E-state index contributed by atoms with van der Waals surface area (Å²) in [6.07, 6.45) is -10.3. The second-order valence-electron chi connectivity index (χ2n) is 5.33. The highest BCUT2D eigenvalue weighted by Gasteiger charge is 2.61. The summed E-state index contributed by atoms with van der Waals surface area (Å²) in [7, 11) is 0. The molecule has 0 aliphatic heterocycles. The highest BCUT2D eigenvalue weighted by molar-refractivity contribution is 5.75. The van der Waals surface area contributed by atoms with Crippen molar-refractivity contribution in [2.45, 2.75) is 18.5 Å². The predicted octanol–water partition coefficient (Wildman–Crippen LogP) is 3.66. The first-order chi connectivity index (χ1) is 12.8. The molecular formula is C14H6F8N4O2. The van der Waals surface area contributed by atoms with E-state index in [0.717, 1.165) is 30.5 Å². The van der Waals surface area contributed by atoms with Gasteiger partial charge in [0.25, 0.3) is 5.56 Å². The molecule has 6 nitrogen and oxygen atoms in total. The highest BCUT2D eigenvalue weighted by Crippen LogP contribution is 2.42. The van der Waals surface area contributed by atoms with Crippen molar-refractivity contribution in [3.8, 4) is 11.4 Å². The van der Waals surface area contributed by atoms with Gasteiger partial charge < -0.3 is 9.72 Å². The van der Waals surface area contributed by atoms with Crippen LogP contribution in [0, 0.1) is 0 Å². The quantitative estimate of drug-likeness (QED) is 0.664. The lowest BCUT2D eigenvalue weighted by molar-refractivity contribution is -0.292. The van der Waals surface area contributed by atoms with Gasteiger partial charge in [0.1, 0.15) is 11.1 Å². The lowest BCUT2D eigenvalue weighted by Gasteiger charge is -2.18. The Bertz CT molecular complexity index is 1080. The molecule has 2 heterocycles.